The van der Waals surface area contributed by atoms with Crippen LogP contribution in [0, 0.1) is 0 Å². The van der Waals surface area contributed by atoms with Gasteiger partial charge in [-0.2, -0.15) is 0 Å². The smallest absolute Gasteiger partial charge is 0.253 e. The summed E-state index contributed by atoms with van der Waals surface area (Å²) < 4.78 is 0. The lowest BCUT2D eigenvalue weighted by atomic mass is 9.93. The van der Waals surface area contributed by atoms with Crippen molar-refractivity contribution >= 4 is 17.5 Å². The van der Waals surface area contributed by atoms with E-state index in [-0.39, 0.29) is 11.8 Å². The van der Waals surface area contributed by atoms with Gasteiger partial charge in [0, 0.05) is 25.3 Å². The lowest BCUT2D eigenvalue weighted by Gasteiger charge is -2.25. The van der Waals surface area contributed by atoms with E-state index in [0.717, 1.165) is 0 Å². The summed E-state index contributed by atoms with van der Waals surface area (Å²) in [6.45, 7) is 3.77. The minimum absolute atomic E-state index is 0.105. The van der Waals surface area contributed by atoms with Gasteiger partial charge in [0.15, 0.2) is 0 Å². The first kappa shape index (κ1) is 16.2. The normalized spacial score (nSPS) is 11.1. The number of nitrogens with two attached hydrogens (primary N) is 1. The minimum Gasteiger partial charge on any atom is -0.345 e. The number of anilines is 1. The Kier molecular flexibility index (Phi) is 5.27. The molecule has 0 heterocycles. The summed E-state index contributed by atoms with van der Waals surface area (Å²) in [7, 11) is 3.37. The Hall–Kier alpha value is -1.88. The van der Waals surface area contributed by atoms with Crippen molar-refractivity contribution in [1.29, 1.82) is 0 Å². The second kappa shape index (κ2) is 6.52. The van der Waals surface area contributed by atoms with Gasteiger partial charge < -0.3 is 16.0 Å². The topological polar surface area (TPSA) is 75.4 Å². The number of nitrogens with zero attached hydrogens (tertiary/aromatic N) is 1. The summed E-state index contributed by atoms with van der Waals surface area (Å²) in [6, 6.07) is 6.86. The third-order valence-corrected chi connectivity index (χ3v) is 3.49. The molecule has 0 aliphatic carbocycles. The fourth-order valence-corrected chi connectivity index (χ4v) is 1.81. The average molecular weight is 277 g/mol. The highest BCUT2D eigenvalue weighted by molar-refractivity contribution is 6.00. The van der Waals surface area contributed by atoms with Gasteiger partial charge in [-0.15, -0.1) is 0 Å². The van der Waals surface area contributed by atoms with Crippen LogP contribution in [0.2, 0.25) is 0 Å². The van der Waals surface area contributed by atoms with Gasteiger partial charge in [-0.3, -0.25) is 9.59 Å². The summed E-state index contributed by atoms with van der Waals surface area (Å²) in [5, 5.41) is 2.78. The molecule has 0 fully saturated rings. The molecule has 1 rings (SSSR count). The second-order valence-corrected chi connectivity index (χ2v) is 5.10. The molecular weight excluding hydrogens is 254 g/mol. The number of carbonyl (C=O) groups excluding carboxylic acids is 2. The molecular formula is C15H23N3O2. The lowest BCUT2D eigenvalue weighted by molar-refractivity contribution is -0.121. The third kappa shape index (κ3) is 3.57. The summed E-state index contributed by atoms with van der Waals surface area (Å²) in [4.78, 5) is 25.6. The van der Waals surface area contributed by atoms with Crippen molar-refractivity contribution < 1.29 is 9.59 Å². The molecule has 0 aliphatic rings. The molecule has 1 aromatic carbocycles. The summed E-state index contributed by atoms with van der Waals surface area (Å²) >= 11 is 0. The first-order valence-corrected chi connectivity index (χ1v) is 6.76. The zero-order chi connectivity index (χ0) is 15.3. The number of hydrogen-bond donors (Lipinski definition) is 2. The molecule has 0 radical (unpaired) electrons. The van der Waals surface area contributed by atoms with Gasteiger partial charge >= 0.3 is 0 Å². The maximum absolute atomic E-state index is 12.2. The Morgan fingerprint density at radius 2 is 1.85 bits per heavy atom. The highest BCUT2D eigenvalue weighted by atomic mass is 16.2. The first-order valence-electron chi connectivity index (χ1n) is 6.76. The maximum atomic E-state index is 12.2. The molecule has 0 unspecified atom stereocenters. The number of rotatable bonds is 5. The molecule has 5 heteroatoms. The zero-order valence-corrected chi connectivity index (χ0v) is 12.6. The number of hydrogen-bond acceptors (Lipinski definition) is 3. The highest BCUT2D eigenvalue weighted by Crippen LogP contribution is 2.17. The van der Waals surface area contributed by atoms with Crippen LogP contribution in [0.1, 0.15) is 37.0 Å². The molecule has 1 aromatic rings. The summed E-state index contributed by atoms with van der Waals surface area (Å²) in [5.41, 5.74) is 6.29. The van der Waals surface area contributed by atoms with Crippen molar-refractivity contribution in [2.45, 2.75) is 32.2 Å². The Bertz CT molecular complexity index is 494. The van der Waals surface area contributed by atoms with Crippen molar-refractivity contribution in [2.75, 3.05) is 19.4 Å². The van der Waals surface area contributed by atoms with Gasteiger partial charge in [0.05, 0.1) is 5.54 Å². The van der Waals surface area contributed by atoms with Crippen LogP contribution in [0.5, 0.6) is 0 Å². The van der Waals surface area contributed by atoms with E-state index in [1.807, 2.05) is 13.8 Å². The Morgan fingerprint density at radius 1 is 1.25 bits per heavy atom. The van der Waals surface area contributed by atoms with Crippen molar-refractivity contribution in [1.82, 2.24) is 4.90 Å². The van der Waals surface area contributed by atoms with Gasteiger partial charge in [0.2, 0.25) is 5.91 Å². The van der Waals surface area contributed by atoms with Crippen LogP contribution in [0.15, 0.2) is 24.3 Å². The monoisotopic (exact) mass is 277 g/mol. The van der Waals surface area contributed by atoms with E-state index in [9.17, 15) is 9.59 Å². The molecule has 3 N–H and O–H groups in total. The van der Waals surface area contributed by atoms with Gasteiger partial charge in [-0.1, -0.05) is 19.9 Å². The van der Waals surface area contributed by atoms with Crippen LogP contribution in [0.3, 0.4) is 0 Å². The van der Waals surface area contributed by atoms with Gasteiger partial charge in [-0.25, -0.2) is 0 Å². The van der Waals surface area contributed by atoms with Crippen LogP contribution in [-0.4, -0.2) is 36.3 Å². The predicted molar refractivity (Wildman–Crippen MR) is 80.6 cm³/mol. The molecule has 0 atom stereocenters. The van der Waals surface area contributed by atoms with Crippen molar-refractivity contribution in [3.05, 3.63) is 29.8 Å². The molecule has 0 spiro atoms. The zero-order valence-electron chi connectivity index (χ0n) is 12.6. The Labute approximate surface area is 120 Å². The second-order valence-electron chi connectivity index (χ2n) is 5.10. The van der Waals surface area contributed by atoms with Crippen molar-refractivity contribution in [2.24, 2.45) is 5.73 Å². The largest absolute Gasteiger partial charge is 0.345 e. The molecule has 0 saturated heterocycles. The quantitative estimate of drug-likeness (QED) is 0.862. The van der Waals surface area contributed by atoms with E-state index in [4.69, 9.17) is 5.73 Å². The summed E-state index contributed by atoms with van der Waals surface area (Å²) in [5.74, 6) is -0.331. The molecule has 5 nitrogen and oxygen atoms in total. The average Bonchev–Trinajstić information content (AvgIpc) is 2.45. The standard InChI is InChI=1S/C15H23N3O2/c1-5-15(16,6-2)14(20)17-12-9-7-8-11(10-12)13(19)18(3)4/h7-10H,5-6,16H2,1-4H3,(H,17,20). The van der Waals surface area contributed by atoms with E-state index in [0.29, 0.717) is 24.1 Å². The highest BCUT2D eigenvalue weighted by Gasteiger charge is 2.29. The van der Waals surface area contributed by atoms with E-state index >= 15 is 0 Å². The Morgan fingerprint density at radius 3 is 2.35 bits per heavy atom. The van der Waals surface area contributed by atoms with Crippen molar-refractivity contribution in [3.63, 3.8) is 0 Å². The fraction of sp³-hybridized carbons (Fsp3) is 0.467. The number of amides is 2. The van der Waals surface area contributed by atoms with Crippen LogP contribution in [0.4, 0.5) is 5.69 Å². The maximum Gasteiger partial charge on any atom is 0.253 e. The molecule has 110 valence electrons. The molecule has 0 aromatic heterocycles. The first-order chi connectivity index (χ1) is 9.34. The van der Waals surface area contributed by atoms with Crippen LogP contribution in [-0.2, 0) is 4.79 Å². The van der Waals surface area contributed by atoms with Crippen LogP contribution >= 0.6 is 0 Å². The van der Waals surface area contributed by atoms with Crippen LogP contribution < -0.4 is 11.1 Å². The van der Waals surface area contributed by atoms with E-state index in [2.05, 4.69) is 5.32 Å². The number of nitrogens with one attached hydrogen (secondary N) is 1. The lowest BCUT2D eigenvalue weighted by Crippen LogP contribution is -2.50. The van der Waals surface area contributed by atoms with E-state index in [1.165, 1.54) is 4.90 Å². The molecule has 20 heavy (non-hydrogen) atoms. The van der Waals surface area contributed by atoms with Gasteiger partial charge in [0.1, 0.15) is 0 Å². The molecule has 2 amide bonds. The molecule has 0 aliphatic heterocycles. The number of carbonyl (C=O) groups is 2. The molecule has 0 saturated carbocycles. The van der Waals surface area contributed by atoms with Crippen LogP contribution in [0.25, 0.3) is 0 Å². The number of benzene rings is 1. The third-order valence-electron chi connectivity index (χ3n) is 3.49. The van der Waals surface area contributed by atoms with Crippen molar-refractivity contribution in [3.8, 4) is 0 Å². The predicted octanol–water partition coefficient (Wildman–Crippen LogP) is 1.84. The van der Waals surface area contributed by atoms with E-state index < -0.39 is 5.54 Å². The van der Waals surface area contributed by atoms with Gasteiger partial charge in [-0.05, 0) is 31.0 Å². The molecule has 0 bridgehead atoms. The minimum atomic E-state index is -0.873. The Balaban J connectivity index is 2.92. The summed E-state index contributed by atoms with van der Waals surface area (Å²) in [6.07, 6.45) is 1.12. The fourth-order valence-electron chi connectivity index (χ4n) is 1.81. The van der Waals surface area contributed by atoms with Gasteiger partial charge in [0.25, 0.3) is 5.91 Å². The van der Waals surface area contributed by atoms with E-state index in [1.54, 1.807) is 38.4 Å². The SMILES string of the molecule is CCC(N)(CC)C(=O)Nc1cccc(C(=O)N(C)C)c1.